The molecule has 30 heavy (non-hydrogen) atoms. The maximum absolute atomic E-state index is 12.9. The first kappa shape index (κ1) is 21.0. The molecule has 0 saturated carbocycles. The Balaban J connectivity index is 1.45. The Morgan fingerprint density at radius 3 is 2.63 bits per heavy atom. The summed E-state index contributed by atoms with van der Waals surface area (Å²) in [4.78, 5) is 13.9. The fourth-order valence-corrected chi connectivity index (χ4v) is 6.91. The monoisotopic (exact) mass is 442 g/mol. The maximum atomic E-state index is 12.9. The maximum Gasteiger partial charge on any atom is 0.252 e. The number of sulfonamides is 1. The molecule has 0 radical (unpaired) electrons. The number of carbonyl (C=O) groups is 1. The van der Waals surface area contributed by atoms with Gasteiger partial charge in [0, 0.05) is 18.0 Å². The van der Waals surface area contributed by atoms with Crippen molar-refractivity contribution in [3.63, 3.8) is 0 Å². The molecule has 158 valence electrons. The van der Waals surface area contributed by atoms with E-state index in [9.17, 15) is 13.2 Å². The molecule has 4 rings (SSSR count). The zero-order valence-electron chi connectivity index (χ0n) is 17.2. The minimum Gasteiger partial charge on any atom is -0.349 e. The smallest absolute Gasteiger partial charge is 0.252 e. The van der Waals surface area contributed by atoms with E-state index < -0.39 is 10.0 Å². The number of amides is 1. The summed E-state index contributed by atoms with van der Waals surface area (Å²) in [5.41, 5.74) is 1.04. The van der Waals surface area contributed by atoms with Crippen LogP contribution in [0, 0.1) is 12.8 Å². The van der Waals surface area contributed by atoms with Crippen molar-refractivity contribution in [1.82, 2.24) is 9.62 Å². The van der Waals surface area contributed by atoms with Gasteiger partial charge in [-0.2, -0.15) is 4.31 Å². The summed E-state index contributed by atoms with van der Waals surface area (Å²) in [5, 5.41) is 5.39. The van der Waals surface area contributed by atoms with E-state index in [1.807, 2.05) is 38.1 Å². The standard InChI is InChI=1S/C23H26N2O3S2/c1-16-9-12-22(29-16)30(27,28)25-13-5-8-21(15-25)23(26)24-17(2)19-11-10-18-6-3-4-7-20(18)14-19/h3-4,6-7,9-12,14,17,21H,5,8,13,15H2,1-2H3,(H,24,26). The highest BCUT2D eigenvalue weighted by atomic mass is 32.2. The number of benzene rings is 2. The van der Waals surface area contributed by atoms with Crippen LogP contribution in [0.3, 0.4) is 0 Å². The summed E-state index contributed by atoms with van der Waals surface area (Å²) >= 11 is 1.28. The quantitative estimate of drug-likeness (QED) is 0.633. The molecule has 2 atom stereocenters. The molecule has 0 aliphatic carbocycles. The lowest BCUT2D eigenvalue weighted by atomic mass is 9.97. The van der Waals surface area contributed by atoms with E-state index >= 15 is 0 Å². The molecule has 2 unspecified atom stereocenters. The zero-order valence-corrected chi connectivity index (χ0v) is 18.8. The molecular formula is C23H26N2O3S2. The number of hydrogen-bond donors (Lipinski definition) is 1. The number of thiophene rings is 1. The molecule has 1 aromatic heterocycles. The van der Waals surface area contributed by atoms with E-state index in [4.69, 9.17) is 0 Å². The number of nitrogens with one attached hydrogen (secondary N) is 1. The third-order valence-corrected chi connectivity index (χ3v) is 9.03. The molecule has 2 heterocycles. The average Bonchev–Trinajstić information content (AvgIpc) is 3.20. The number of nitrogens with zero attached hydrogens (tertiary/aromatic N) is 1. The molecule has 0 spiro atoms. The second kappa shape index (κ2) is 8.49. The average molecular weight is 443 g/mol. The Labute approximate surface area is 181 Å². The number of aryl methyl sites for hydroxylation is 1. The third-order valence-electron chi connectivity index (χ3n) is 5.70. The first-order valence-electron chi connectivity index (χ1n) is 10.2. The van der Waals surface area contributed by atoms with Gasteiger partial charge in [-0.3, -0.25) is 4.79 Å². The van der Waals surface area contributed by atoms with Crippen molar-refractivity contribution in [3.8, 4) is 0 Å². The van der Waals surface area contributed by atoms with Gasteiger partial charge < -0.3 is 5.32 Å². The first-order chi connectivity index (χ1) is 14.3. The van der Waals surface area contributed by atoms with E-state index in [2.05, 4.69) is 29.6 Å². The minimum absolute atomic E-state index is 0.0853. The van der Waals surface area contributed by atoms with Crippen LogP contribution in [0.1, 0.15) is 36.2 Å². The van der Waals surface area contributed by atoms with Crippen molar-refractivity contribution in [2.75, 3.05) is 13.1 Å². The molecule has 1 amide bonds. The van der Waals surface area contributed by atoms with Crippen LogP contribution in [0.15, 0.2) is 58.8 Å². The number of piperidine rings is 1. The second-order valence-corrected chi connectivity index (χ2v) is 11.4. The van der Waals surface area contributed by atoms with Crippen LogP contribution < -0.4 is 5.32 Å². The fourth-order valence-electron chi connectivity index (χ4n) is 3.94. The highest BCUT2D eigenvalue weighted by Crippen LogP contribution is 2.29. The van der Waals surface area contributed by atoms with Crippen LogP contribution >= 0.6 is 11.3 Å². The van der Waals surface area contributed by atoms with Crippen LogP contribution in [0.5, 0.6) is 0 Å². The normalized spacial score (nSPS) is 18.9. The zero-order chi connectivity index (χ0) is 21.3. The van der Waals surface area contributed by atoms with Crippen molar-refractivity contribution < 1.29 is 13.2 Å². The summed E-state index contributed by atoms with van der Waals surface area (Å²) in [6, 6.07) is 17.6. The summed E-state index contributed by atoms with van der Waals surface area (Å²) in [7, 11) is -3.54. The van der Waals surface area contributed by atoms with Gasteiger partial charge in [0.2, 0.25) is 5.91 Å². The SMILES string of the molecule is Cc1ccc(S(=O)(=O)N2CCCC(C(=O)NC(C)c3ccc4ccccc4c3)C2)s1. The van der Waals surface area contributed by atoms with Gasteiger partial charge in [-0.15, -0.1) is 11.3 Å². The van der Waals surface area contributed by atoms with Crippen LogP contribution in [-0.4, -0.2) is 31.7 Å². The number of fused-ring (bicyclic) bond motifs is 1. The lowest BCUT2D eigenvalue weighted by Gasteiger charge is -2.31. The molecule has 3 aromatic rings. The van der Waals surface area contributed by atoms with Crippen LogP contribution in [0.25, 0.3) is 10.8 Å². The van der Waals surface area contributed by atoms with Crippen LogP contribution in [0.2, 0.25) is 0 Å². The lowest BCUT2D eigenvalue weighted by molar-refractivity contribution is -0.126. The minimum atomic E-state index is -3.54. The topological polar surface area (TPSA) is 66.5 Å². The number of carbonyl (C=O) groups excluding carboxylic acids is 1. The van der Waals surface area contributed by atoms with Gasteiger partial charge in [-0.05, 0) is 61.2 Å². The van der Waals surface area contributed by atoms with Gasteiger partial charge >= 0.3 is 0 Å². The van der Waals surface area contributed by atoms with Crippen LogP contribution in [-0.2, 0) is 14.8 Å². The fraction of sp³-hybridized carbons (Fsp3) is 0.348. The van der Waals surface area contributed by atoms with Crippen molar-refractivity contribution in [1.29, 1.82) is 0 Å². The predicted octanol–water partition coefficient (Wildman–Crippen LogP) is 4.49. The Hall–Kier alpha value is -2.22. The van der Waals surface area contributed by atoms with E-state index in [1.165, 1.54) is 15.6 Å². The van der Waals surface area contributed by atoms with Crippen molar-refractivity contribution in [2.24, 2.45) is 5.92 Å². The molecular weight excluding hydrogens is 416 g/mol. The van der Waals surface area contributed by atoms with Crippen molar-refractivity contribution in [2.45, 2.75) is 36.9 Å². The number of rotatable bonds is 5. The molecule has 2 aromatic carbocycles. The molecule has 0 bridgehead atoms. The van der Waals surface area contributed by atoms with E-state index in [0.717, 1.165) is 21.2 Å². The first-order valence-corrected chi connectivity index (χ1v) is 12.5. The van der Waals surface area contributed by atoms with Crippen LogP contribution in [0.4, 0.5) is 0 Å². The van der Waals surface area contributed by atoms with Gasteiger partial charge in [0.15, 0.2) is 0 Å². The van der Waals surface area contributed by atoms with E-state index in [0.29, 0.717) is 23.6 Å². The Bertz CT molecular complexity index is 1170. The molecule has 1 N–H and O–H groups in total. The molecule has 1 aliphatic heterocycles. The Morgan fingerprint density at radius 1 is 1.13 bits per heavy atom. The summed E-state index contributed by atoms with van der Waals surface area (Å²) < 4.78 is 27.7. The summed E-state index contributed by atoms with van der Waals surface area (Å²) in [6.45, 7) is 4.55. The summed E-state index contributed by atoms with van der Waals surface area (Å²) in [6.07, 6.45) is 1.39. The lowest BCUT2D eigenvalue weighted by Crippen LogP contribution is -2.45. The highest BCUT2D eigenvalue weighted by molar-refractivity contribution is 7.91. The number of hydrogen-bond acceptors (Lipinski definition) is 4. The van der Waals surface area contributed by atoms with Gasteiger partial charge in [0.25, 0.3) is 10.0 Å². The van der Waals surface area contributed by atoms with Gasteiger partial charge in [0.05, 0.1) is 12.0 Å². The highest BCUT2D eigenvalue weighted by Gasteiger charge is 2.34. The molecule has 5 nitrogen and oxygen atoms in total. The van der Waals surface area contributed by atoms with Gasteiger partial charge in [-0.25, -0.2) is 8.42 Å². The Kier molecular flexibility index (Phi) is 5.95. The molecule has 1 aliphatic rings. The second-order valence-electron chi connectivity index (χ2n) is 7.90. The largest absolute Gasteiger partial charge is 0.349 e. The van der Waals surface area contributed by atoms with Gasteiger partial charge in [-0.1, -0.05) is 36.4 Å². The van der Waals surface area contributed by atoms with Gasteiger partial charge in [0.1, 0.15) is 4.21 Å². The molecule has 1 fully saturated rings. The Morgan fingerprint density at radius 2 is 1.90 bits per heavy atom. The van der Waals surface area contributed by atoms with Crippen molar-refractivity contribution in [3.05, 3.63) is 65.0 Å². The third kappa shape index (κ3) is 4.29. The van der Waals surface area contributed by atoms with E-state index in [-0.39, 0.29) is 24.4 Å². The molecule has 7 heteroatoms. The van der Waals surface area contributed by atoms with Crippen molar-refractivity contribution >= 4 is 38.0 Å². The molecule has 1 saturated heterocycles. The van der Waals surface area contributed by atoms with E-state index in [1.54, 1.807) is 6.07 Å². The predicted molar refractivity (Wildman–Crippen MR) is 121 cm³/mol. The summed E-state index contributed by atoms with van der Waals surface area (Å²) in [5.74, 6) is -0.421.